The molecule has 0 amide bonds. The number of aryl methyl sites for hydroxylation is 1. The van der Waals surface area contributed by atoms with Crippen LogP contribution < -0.4 is 16.9 Å². The minimum Gasteiger partial charge on any atom is -0.398 e. The molecule has 1 aromatic carbocycles. The fourth-order valence-electron chi connectivity index (χ4n) is 1.78. The summed E-state index contributed by atoms with van der Waals surface area (Å²) in [6.45, 7) is 1.97. The minimum absolute atomic E-state index is 0.113. The second-order valence-electron chi connectivity index (χ2n) is 3.83. The number of nitrogens with one attached hydrogen (secondary N) is 1. The Hall–Kier alpha value is -2.21. The average molecular weight is 259 g/mol. The number of thiocarbonyl (C=S) groups is 1. The van der Waals surface area contributed by atoms with Crippen molar-refractivity contribution in [2.45, 2.75) is 6.92 Å². The van der Waals surface area contributed by atoms with Gasteiger partial charge in [0.2, 0.25) is 0 Å². The second kappa shape index (κ2) is 4.97. The molecule has 0 aliphatic heterocycles. The van der Waals surface area contributed by atoms with Crippen LogP contribution in [0.25, 0.3) is 10.8 Å². The van der Waals surface area contributed by atoms with Crippen LogP contribution in [0.2, 0.25) is 0 Å². The molecule has 0 atom stereocenters. The summed E-state index contributed by atoms with van der Waals surface area (Å²) in [6, 6.07) is 5.70. The van der Waals surface area contributed by atoms with Gasteiger partial charge in [-0.05, 0) is 30.8 Å². The van der Waals surface area contributed by atoms with Crippen molar-refractivity contribution in [2.24, 2.45) is 10.8 Å². The van der Waals surface area contributed by atoms with Crippen molar-refractivity contribution in [3.63, 3.8) is 0 Å². The molecular weight excluding hydrogens is 246 g/mol. The predicted molar refractivity (Wildman–Crippen MR) is 78.4 cm³/mol. The third-order valence-corrected chi connectivity index (χ3v) is 2.62. The molecule has 2 rings (SSSR count). The number of anilines is 1. The summed E-state index contributed by atoms with van der Waals surface area (Å²) < 4.78 is 0. The zero-order chi connectivity index (χ0) is 13.1. The molecule has 6 heteroatoms. The van der Waals surface area contributed by atoms with Gasteiger partial charge in [0.1, 0.15) is 0 Å². The molecule has 1 heterocycles. The number of rotatable bonds is 2. The number of nitrogen functional groups attached to an aromatic ring is 1. The van der Waals surface area contributed by atoms with Gasteiger partial charge in [-0.15, -0.1) is 0 Å². The van der Waals surface area contributed by atoms with Crippen LogP contribution in [0, 0.1) is 6.92 Å². The fourth-order valence-corrected chi connectivity index (χ4v) is 1.84. The highest BCUT2D eigenvalue weighted by Gasteiger charge is 2.05. The monoisotopic (exact) mass is 259 g/mol. The van der Waals surface area contributed by atoms with E-state index in [9.17, 15) is 0 Å². The van der Waals surface area contributed by atoms with Gasteiger partial charge in [-0.25, -0.2) is 0 Å². The van der Waals surface area contributed by atoms with E-state index < -0.39 is 0 Å². The zero-order valence-electron chi connectivity index (χ0n) is 9.84. The van der Waals surface area contributed by atoms with Crippen LogP contribution >= 0.6 is 12.2 Å². The number of hydrazone groups is 1. The molecule has 0 radical (unpaired) electrons. The molecule has 1 aromatic heterocycles. The molecule has 92 valence electrons. The van der Waals surface area contributed by atoms with E-state index in [0.29, 0.717) is 5.69 Å². The fraction of sp³-hybridized carbons (Fsp3) is 0.0833. The van der Waals surface area contributed by atoms with E-state index in [1.165, 1.54) is 0 Å². The lowest BCUT2D eigenvalue weighted by Crippen LogP contribution is -2.24. The highest BCUT2D eigenvalue weighted by Crippen LogP contribution is 2.25. The van der Waals surface area contributed by atoms with Crippen molar-refractivity contribution in [1.82, 2.24) is 10.4 Å². The Morgan fingerprint density at radius 2 is 2.28 bits per heavy atom. The van der Waals surface area contributed by atoms with Crippen LogP contribution in [0.4, 0.5) is 5.69 Å². The molecule has 2 aromatic rings. The smallest absolute Gasteiger partial charge is 0.184 e. The molecule has 0 unspecified atom stereocenters. The Labute approximate surface area is 110 Å². The summed E-state index contributed by atoms with van der Waals surface area (Å²) in [7, 11) is 0. The van der Waals surface area contributed by atoms with Crippen LogP contribution in [0.15, 0.2) is 29.5 Å². The topological polar surface area (TPSA) is 89.3 Å². The van der Waals surface area contributed by atoms with Crippen molar-refractivity contribution in [1.29, 1.82) is 0 Å². The molecule has 5 nitrogen and oxygen atoms in total. The normalized spacial score (nSPS) is 10.9. The molecule has 0 fully saturated rings. The number of nitrogens with zero attached hydrogens (tertiary/aromatic N) is 2. The summed E-state index contributed by atoms with van der Waals surface area (Å²) in [5.74, 6) is 0. The van der Waals surface area contributed by atoms with Gasteiger partial charge in [-0.1, -0.05) is 12.1 Å². The number of pyridine rings is 1. The maximum atomic E-state index is 5.97. The third-order valence-electron chi connectivity index (χ3n) is 2.53. The van der Waals surface area contributed by atoms with Gasteiger partial charge >= 0.3 is 0 Å². The van der Waals surface area contributed by atoms with Crippen LogP contribution in [0.1, 0.15) is 11.3 Å². The molecule has 5 N–H and O–H groups in total. The van der Waals surface area contributed by atoms with Crippen LogP contribution in [-0.4, -0.2) is 16.3 Å². The van der Waals surface area contributed by atoms with Gasteiger partial charge in [0.05, 0.1) is 11.9 Å². The van der Waals surface area contributed by atoms with E-state index in [4.69, 9.17) is 11.5 Å². The first kappa shape index (κ1) is 12.3. The minimum atomic E-state index is 0.113. The largest absolute Gasteiger partial charge is 0.398 e. The number of nitrogens with two attached hydrogens (primary N) is 2. The Kier molecular flexibility index (Phi) is 3.38. The Morgan fingerprint density at radius 3 is 3.00 bits per heavy atom. The lowest BCUT2D eigenvalue weighted by molar-refractivity contribution is 1.04. The van der Waals surface area contributed by atoms with E-state index in [1.807, 2.05) is 25.1 Å². The Morgan fingerprint density at radius 1 is 1.50 bits per heavy atom. The van der Waals surface area contributed by atoms with Gasteiger partial charge in [0, 0.05) is 22.7 Å². The van der Waals surface area contributed by atoms with Gasteiger partial charge in [0.15, 0.2) is 5.11 Å². The van der Waals surface area contributed by atoms with Gasteiger partial charge < -0.3 is 11.5 Å². The maximum absolute atomic E-state index is 5.97. The maximum Gasteiger partial charge on any atom is 0.184 e. The van der Waals surface area contributed by atoms with E-state index in [2.05, 4.69) is 27.7 Å². The highest BCUT2D eigenvalue weighted by atomic mass is 32.1. The zero-order valence-corrected chi connectivity index (χ0v) is 10.7. The van der Waals surface area contributed by atoms with Crippen molar-refractivity contribution < 1.29 is 0 Å². The molecule has 18 heavy (non-hydrogen) atoms. The van der Waals surface area contributed by atoms with E-state index in [0.717, 1.165) is 22.0 Å². The molecule has 0 aliphatic rings. The van der Waals surface area contributed by atoms with Crippen molar-refractivity contribution in [3.8, 4) is 0 Å². The third kappa shape index (κ3) is 2.38. The van der Waals surface area contributed by atoms with Gasteiger partial charge in [-0.2, -0.15) is 5.10 Å². The number of aromatic nitrogens is 1. The van der Waals surface area contributed by atoms with E-state index >= 15 is 0 Å². The van der Waals surface area contributed by atoms with Crippen molar-refractivity contribution in [3.05, 3.63) is 35.7 Å². The SMILES string of the molecule is Cc1cnc(/C=N\NC(N)=S)c2cccc(N)c12. The first-order chi connectivity index (χ1) is 8.59. The second-order valence-corrected chi connectivity index (χ2v) is 4.27. The van der Waals surface area contributed by atoms with Gasteiger partial charge in [0.25, 0.3) is 0 Å². The summed E-state index contributed by atoms with van der Waals surface area (Å²) in [6.07, 6.45) is 3.33. The van der Waals surface area contributed by atoms with Crippen LogP contribution in [0.3, 0.4) is 0 Å². The average Bonchev–Trinajstić information content (AvgIpc) is 2.32. The summed E-state index contributed by atoms with van der Waals surface area (Å²) in [4.78, 5) is 4.32. The molecule has 0 aliphatic carbocycles. The highest BCUT2D eigenvalue weighted by molar-refractivity contribution is 7.80. The van der Waals surface area contributed by atoms with Gasteiger partial charge in [-0.3, -0.25) is 10.4 Å². The number of hydrogen-bond donors (Lipinski definition) is 3. The molecule has 0 spiro atoms. The number of hydrogen-bond acceptors (Lipinski definition) is 4. The lowest BCUT2D eigenvalue weighted by atomic mass is 10.0. The lowest BCUT2D eigenvalue weighted by Gasteiger charge is -2.07. The number of benzene rings is 1. The van der Waals surface area contributed by atoms with Crippen molar-refractivity contribution in [2.75, 3.05) is 5.73 Å². The first-order valence-corrected chi connectivity index (χ1v) is 5.72. The van der Waals surface area contributed by atoms with Crippen molar-refractivity contribution >= 4 is 40.0 Å². The number of fused-ring (bicyclic) bond motifs is 1. The summed E-state index contributed by atoms with van der Waals surface area (Å²) in [5.41, 5.74) is 16.2. The van der Waals surface area contributed by atoms with Crippen LogP contribution in [0.5, 0.6) is 0 Å². The molecule has 0 bridgehead atoms. The van der Waals surface area contributed by atoms with E-state index in [1.54, 1.807) is 12.4 Å². The Bertz CT molecular complexity index is 627. The summed E-state index contributed by atoms with van der Waals surface area (Å²) in [5, 5.41) is 5.96. The predicted octanol–water partition coefficient (Wildman–Crippen LogP) is 1.29. The Balaban J connectivity index is 2.53. The molecule has 0 saturated carbocycles. The van der Waals surface area contributed by atoms with E-state index in [-0.39, 0.29) is 5.11 Å². The standard InChI is InChI=1S/C12H13N5S/c1-7-5-15-10(6-16-17-12(14)18)8-3-2-4-9(13)11(7)8/h2-6H,13H2,1H3,(H3,14,17,18)/b16-6-. The molecular formula is C12H13N5S. The molecule has 0 saturated heterocycles. The first-order valence-electron chi connectivity index (χ1n) is 5.32. The summed E-state index contributed by atoms with van der Waals surface area (Å²) >= 11 is 4.66. The van der Waals surface area contributed by atoms with Crippen LogP contribution in [-0.2, 0) is 0 Å². The quantitative estimate of drug-likeness (QED) is 0.327.